The first-order valence-electron chi connectivity index (χ1n) is 7.69. The van der Waals surface area contributed by atoms with Crippen LogP contribution in [0.5, 0.6) is 5.75 Å². The first-order valence-corrected chi connectivity index (χ1v) is 8.48. The quantitative estimate of drug-likeness (QED) is 0.501. The molecule has 0 aromatic heterocycles. The van der Waals surface area contributed by atoms with Gasteiger partial charge in [0.05, 0.1) is 6.61 Å². The fourth-order valence-corrected chi connectivity index (χ4v) is 2.21. The molecule has 0 heterocycles. The molecular weight excluding hydrogens is 348 g/mol. The number of anilines is 1. The molecule has 0 spiro atoms. The van der Waals surface area contributed by atoms with Crippen molar-refractivity contribution in [1.29, 1.82) is 0 Å². The molecule has 0 saturated heterocycles. The number of carbonyl (C=O) groups excluding carboxylic acids is 1. The van der Waals surface area contributed by atoms with E-state index in [0.29, 0.717) is 24.5 Å². The minimum Gasteiger partial charge on any atom is -0.493 e. The standard InChI is InChI=1S/C16H25BrN2O3/c1-4-10-21-15-12-13(18-17)7-8-14(15)16(20)22-11-9-19(5-2)6-3/h7-8,12,18H,4-6,9-11H2,1-3H3. The van der Waals surface area contributed by atoms with E-state index in [1.54, 1.807) is 18.2 Å². The zero-order chi connectivity index (χ0) is 16.4. The van der Waals surface area contributed by atoms with E-state index in [4.69, 9.17) is 9.47 Å². The predicted octanol–water partition coefficient (Wildman–Crippen LogP) is 3.70. The maximum atomic E-state index is 12.2. The van der Waals surface area contributed by atoms with E-state index in [2.05, 4.69) is 39.2 Å². The largest absolute Gasteiger partial charge is 0.493 e. The Labute approximate surface area is 141 Å². The molecule has 0 bridgehead atoms. The number of likely N-dealkylation sites (N-methyl/N-ethyl adjacent to an activating group) is 1. The third kappa shape index (κ3) is 5.85. The lowest BCUT2D eigenvalue weighted by atomic mass is 10.2. The Morgan fingerprint density at radius 1 is 1.23 bits per heavy atom. The van der Waals surface area contributed by atoms with Crippen molar-refractivity contribution in [1.82, 2.24) is 4.90 Å². The zero-order valence-corrected chi connectivity index (χ0v) is 15.1. The van der Waals surface area contributed by atoms with Gasteiger partial charge in [-0.05, 0) is 31.6 Å². The highest BCUT2D eigenvalue weighted by Crippen LogP contribution is 2.25. The first-order chi connectivity index (χ1) is 10.7. The van der Waals surface area contributed by atoms with Crippen LogP contribution in [-0.2, 0) is 4.74 Å². The van der Waals surface area contributed by atoms with Gasteiger partial charge in [-0.15, -0.1) is 0 Å². The molecule has 0 aliphatic heterocycles. The Hall–Kier alpha value is -1.27. The van der Waals surface area contributed by atoms with Crippen LogP contribution < -0.4 is 9.08 Å². The summed E-state index contributed by atoms with van der Waals surface area (Å²) in [6.45, 7) is 9.79. The van der Waals surface area contributed by atoms with Gasteiger partial charge < -0.3 is 18.7 Å². The summed E-state index contributed by atoms with van der Waals surface area (Å²) in [5.74, 6) is 0.193. The number of nitrogens with one attached hydrogen (secondary N) is 1. The molecule has 1 aromatic rings. The Kier molecular flexibility index (Phi) is 8.92. The number of esters is 1. The number of ether oxygens (including phenoxy) is 2. The van der Waals surface area contributed by atoms with Crippen LogP contribution in [0, 0.1) is 0 Å². The fourth-order valence-electron chi connectivity index (χ4n) is 1.97. The van der Waals surface area contributed by atoms with Crippen LogP contribution in [0.2, 0.25) is 0 Å². The number of hydrogen-bond acceptors (Lipinski definition) is 5. The first kappa shape index (κ1) is 18.8. The maximum Gasteiger partial charge on any atom is 0.341 e. The van der Waals surface area contributed by atoms with Crippen LogP contribution in [0.3, 0.4) is 0 Å². The summed E-state index contributed by atoms with van der Waals surface area (Å²) in [5.41, 5.74) is 1.28. The van der Waals surface area contributed by atoms with Crippen molar-refractivity contribution in [2.75, 3.05) is 37.2 Å². The third-order valence-corrected chi connectivity index (χ3v) is 3.77. The molecule has 0 aliphatic rings. The summed E-state index contributed by atoms with van der Waals surface area (Å²) in [4.78, 5) is 14.4. The number of nitrogens with zero attached hydrogens (tertiary/aromatic N) is 1. The van der Waals surface area contributed by atoms with Gasteiger partial charge in [0.25, 0.3) is 0 Å². The SMILES string of the molecule is CCCOc1cc(NBr)ccc1C(=O)OCCN(CC)CC. The van der Waals surface area contributed by atoms with E-state index in [1.807, 2.05) is 6.92 Å². The van der Waals surface area contributed by atoms with Gasteiger partial charge in [0, 0.05) is 34.4 Å². The molecule has 0 radical (unpaired) electrons. The van der Waals surface area contributed by atoms with Gasteiger partial charge in [-0.2, -0.15) is 0 Å². The van der Waals surface area contributed by atoms with E-state index in [1.165, 1.54) is 0 Å². The van der Waals surface area contributed by atoms with Crippen molar-refractivity contribution in [3.8, 4) is 5.75 Å². The summed E-state index contributed by atoms with van der Waals surface area (Å²) in [5, 5.41) is 0. The topological polar surface area (TPSA) is 50.8 Å². The van der Waals surface area contributed by atoms with Crippen molar-refractivity contribution in [3.05, 3.63) is 23.8 Å². The van der Waals surface area contributed by atoms with Crippen molar-refractivity contribution in [2.24, 2.45) is 0 Å². The van der Waals surface area contributed by atoms with Gasteiger partial charge in [-0.25, -0.2) is 4.79 Å². The molecule has 6 heteroatoms. The maximum absolute atomic E-state index is 12.2. The normalized spacial score (nSPS) is 10.6. The smallest absolute Gasteiger partial charge is 0.341 e. The van der Waals surface area contributed by atoms with Crippen LogP contribution in [0.1, 0.15) is 37.6 Å². The molecule has 124 valence electrons. The number of halogens is 1. The average molecular weight is 373 g/mol. The lowest BCUT2D eigenvalue weighted by Crippen LogP contribution is -2.28. The van der Waals surface area contributed by atoms with E-state index in [9.17, 15) is 4.79 Å². The number of benzene rings is 1. The van der Waals surface area contributed by atoms with Crippen LogP contribution in [0.4, 0.5) is 5.69 Å². The van der Waals surface area contributed by atoms with Gasteiger partial charge in [0.15, 0.2) is 0 Å². The minimum absolute atomic E-state index is 0.348. The van der Waals surface area contributed by atoms with Crippen LogP contribution >= 0.6 is 16.1 Å². The second-order valence-electron chi connectivity index (χ2n) is 4.82. The molecule has 22 heavy (non-hydrogen) atoms. The second-order valence-corrected chi connectivity index (χ2v) is 5.21. The van der Waals surface area contributed by atoms with Crippen molar-refractivity contribution >= 4 is 27.8 Å². The molecule has 0 aliphatic carbocycles. The highest BCUT2D eigenvalue weighted by molar-refractivity contribution is 9.10. The van der Waals surface area contributed by atoms with Crippen LogP contribution in [-0.4, -0.2) is 43.7 Å². The van der Waals surface area contributed by atoms with Gasteiger partial charge in [-0.1, -0.05) is 20.8 Å². The minimum atomic E-state index is -0.348. The van der Waals surface area contributed by atoms with Crippen molar-refractivity contribution in [2.45, 2.75) is 27.2 Å². The van der Waals surface area contributed by atoms with Crippen molar-refractivity contribution < 1.29 is 14.3 Å². The summed E-state index contributed by atoms with van der Waals surface area (Å²) in [6.07, 6.45) is 0.877. The Bertz CT molecular complexity index is 465. The molecular formula is C16H25BrN2O3. The summed E-state index contributed by atoms with van der Waals surface area (Å²) < 4.78 is 13.9. The Balaban J connectivity index is 2.70. The lowest BCUT2D eigenvalue weighted by Gasteiger charge is -2.18. The molecule has 0 atom stereocenters. The molecule has 0 amide bonds. The Morgan fingerprint density at radius 2 is 1.95 bits per heavy atom. The molecule has 0 unspecified atom stereocenters. The molecule has 1 aromatic carbocycles. The summed E-state index contributed by atoms with van der Waals surface area (Å²) in [6, 6.07) is 5.30. The Morgan fingerprint density at radius 3 is 2.55 bits per heavy atom. The van der Waals surface area contributed by atoms with Gasteiger partial charge in [0.2, 0.25) is 0 Å². The average Bonchev–Trinajstić information content (AvgIpc) is 2.56. The predicted molar refractivity (Wildman–Crippen MR) is 92.8 cm³/mol. The second kappa shape index (κ2) is 10.5. The molecule has 0 saturated carbocycles. The monoisotopic (exact) mass is 372 g/mol. The van der Waals surface area contributed by atoms with Gasteiger partial charge >= 0.3 is 5.97 Å². The van der Waals surface area contributed by atoms with E-state index < -0.39 is 0 Å². The van der Waals surface area contributed by atoms with E-state index in [-0.39, 0.29) is 5.97 Å². The molecule has 0 fully saturated rings. The van der Waals surface area contributed by atoms with E-state index >= 15 is 0 Å². The molecule has 1 rings (SSSR count). The van der Waals surface area contributed by atoms with Crippen molar-refractivity contribution in [3.63, 3.8) is 0 Å². The fraction of sp³-hybridized carbons (Fsp3) is 0.562. The highest BCUT2D eigenvalue weighted by Gasteiger charge is 2.15. The van der Waals surface area contributed by atoms with Crippen LogP contribution in [0.25, 0.3) is 0 Å². The number of carbonyl (C=O) groups is 1. The molecule has 5 nitrogen and oxygen atoms in total. The summed E-state index contributed by atoms with van der Waals surface area (Å²) >= 11 is 3.17. The zero-order valence-electron chi connectivity index (χ0n) is 13.5. The van der Waals surface area contributed by atoms with Gasteiger partial charge in [0.1, 0.15) is 17.9 Å². The van der Waals surface area contributed by atoms with Crippen LogP contribution in [0.15, 0.2) is 18.2 Å². The lowest BCUT2D eigenvalue weighted by molar-refractivity contribution is 0.0462. The number of rotatable bonds is 10. The highest BCUT2D eigenvalue weighted by atomic mass is 79.9. The van der Waals surface area contributed by atoms with E-state index in [0.717, 1.165) is 31.7 Å². The third-order valence-electron chi connectivity index (χ3n) is 3.31. The molecule has 1 N–H and O–H groups in total. The van der Waals surface area contributed by atoms with Gasteiger partial charge in [-0.3, -0.25) is 0 Å². The number of hydrogen-bond donors (Lipinski definition) is 1. The summed E-state index contributed by atoms with van der Waals surface area (Å²) in [7, 11) is 0.